The molecule has 1 atom stereocenters. The van der Waals surface area contributed by atoms with Crippen molar-refractivity contribution in [2.45, 2.75) is 62.4 Å². The number of unbranched alkanes of at least 4 members (excludes halogenated alkanes) is 1. The zero-order chi connectivity index (χ0) is 19.7. The second kappa shape index (κ2) is 7.53. The van der Waals surface area contributed by atoms with Gasteiger partial charge in [-0.05, 0) is 32.3 Å². The first-order valence-electron chi connectivity index (χ1n) is 9.11. The van der Waals surface area contributed by atoms with Gasteiger partial charge in [-0.15, -0.1) is 0 Å². The van der Waals surface area contributed by atoms with Gasteiger partial charge in [-0.3, -0.25) is 0 Å². The van der Waals surface area contributed by atoms with Crippen molar-refractivity contribution in [1.29, 1.82) is 0 Å². The summed E-state index contributed by atoms with van der Waals surface area (Å²) in [7, 11) is -3.64. The summed E-state index contributed by atoms with van der Waals surface area (Å²) in [4.78, 5) is 12.7. The fraction of sp³-hybridized carbons (Fsp3) is 0.588. The van der Waals surface area contributed by atoms with Crippen LogP contribution in [0.1, 0.15) is 46.0 Å². The Kier molecular flexibility index (Phi) is 5.50. The van der Waals surface area contributed by atoms with Crippen LogP contribution in [0, 0.1) is 0 Å². The molecule has 1 fully saturated rings. The summed E-state index contributed by atoms with van der Waals surface area (Å²) < 4.78 is 27.4. The van der Waals surface area contributed by atoms with Crippen LogP contribution in [0.25, 0.3) is 11.0 Å². The number of hydrogen-bond acceptors (Lipinski definition) is 8. The van der Waals surface area contributed by atoms with Crippen molar-refractivity contribution < 1.29 is 13.5 Å². The summed E-state index contributed by atoms with van der Waals surface area (Å²) in [6, 6.07) is 1.45. The lowest BCUT2D eigenvalue weighted by molar-refractivity contribution is 0.212. The van der Waals surface area contributed by atoms with E-state index in [0.717, 1.165) is 32.1 Å². The molecule has 0 aromatic carbocycles. The van der Waals surface area contributed by atoms with Gasteiger partial charge < -0.3 is 16.2 Å². The maximum absolute atomic E-state index is 12.4. The highest BCUT2D eigenvalue weighted by Gasteiger charge is 2.29. The molecule has 1 saturated carbocycles. The van der Waals surface area contributed by atoms with E-state index in [1.165, 1.54) is 12.3 Å². The number of sulfonamides is 1. The van der Waals surface area contributed by atoms with E-state index in [-0.39, 0.29) is 23.5 Å². The molecule has 27 heavy (non-hydrogen) atoms. The Labute approximate surface area is 158 Å². The molecule has 0 amide bonds. The maximum atomic E-state index is 12.4. The normalized spacial score (nSPS) is 17.0. The summed E-state index contributed by atoms with van der Waals surface area (Å²) >= 11 is 0. The van der Waals surface area contributed by atoms with Gasteiger partial charge in [-0.25, -0.2) is 23.1 Å². The highest BCUT2D eigenvalue weighted by Crippen LogP contribution is 2.27. The van der Waals surface area contributed by atoms with E-state index in [4.69, 9.17) is 5.73 Å². The first-order valence-corrected chi connectivity index (χ1v) is 10.6. The van der Waals surface area contributed by atoms with Crippen molar-refractivity contribution >= 4 is 32.8 Å². The highest BCUT2D eigenvalue weighted by molar-refractivity contribution is 7.89. The molecule has 0 bridgehead atoms. The fourth-order valence-electron chi connectivity index (χ4n) is 2.77. The molecule has 9 nitrogen and oxygen atoms in total. The van der Waals surface area contributed by atoms with Crippen molar-refractivity contribution in [3.63, 3.8) is 0 Å². The van der Waals surface area contributed by atoms with E-state index < -0.39 is 15.6 Å². The van der Waals surface area contributed by atoms with Gasteiger partial charge in [0.05, 0.1) is 17.7 Å². The number of nitrogens with one attached hydrogen (secondary N) is 2. The Hall–Kier alpha value is -2.04. The zero-order valence-corrected chi connectivity index (χ0v) is 16.4. The van der Waals surface area contributed by atoms with Gasteiger partial charge in [-0.1, -0.05) is 19.8 Å². The van der Waals surface area contributed by atoms with Crippen molar-refractivity contribution in [3.05, 3.63) is 12.3 Å². The highest BCUT2D eigenvalue weighted by atomic mass is 32.2. The third-order valence-corrected chi connectivity index (χ3v) is 6.08. The Bertz CT molecular complexity index is 932. The Morgan fingerprint density at radius 1 is 1.37 bits per heavy atom. The van der Waals surface area contributed by atoms with E-state index in [1.54, 1.807) is 0 Å². The number of nitrogen functional groups attached to an aromatic ring is 1. The lowest BCUT2D eigenvalue weighted by Crippen LogP contribution is -2.39. The molecule has 10 heteroatoms. The second-order valence-corrected chi connectivity index (χ2v) is 9.03. The molecule has 0 radical (unpaired) electrons. The number of nitrogens with two attached hydrogens (primary N) is 1. The summed E-state index contributed by atoms with van der Waals surface area (Å²) in [6.45, 7) is 3.89. The molecule has 5 N–H and O–H groups in total. The molecule has 2 aromatic rings. The molecule has 2 aromatic heterocycles. The molecule has 0 saturated heterocycles. The van der Waals surface area contributed by atoms with Crippen LogP contribution in [0.5, 0.6) is 0 Å². The molecular weight excluding hydrogens is 368 g/mol. The average molecular weight is 395 g/mol. The maximum Gasteiger partial charge on any atom is 0.242 e. The quantitative estimate of drug-likeness (QED) is 0.500. The molecule has 0 spiro atoms. The van der Waals surface area contributed by atoms with Crippen molar-refractivity contribution in [1.82, 2.24) is 19.7 Å². The topological polar surface area (TPSA) is 143 Å². The number of fused-ring (bicyclic) bond motifs is 1. The number of nitrogens with zero attached hydrogens (tertiary/aromatic N) is 3. The first kappa shape index (κ1) is 19.7. The number of anilines is 2. The molecule has 0 aliphatic heterocycles. The van der Waals surface area contributed by atoms with Gasteiger partial charge in [0.25, 0.3) is 0 Å². The SMILES string of the molecule is CCCC[C@](C)(CO)Nc1nc(N)nc2cc(S(=O)(=O)NC3CC3)cnc12. The molecule has 1 aliphatic rings. The Morgan fingerprint density at radius 3 is 2.74 bits per heavy atom. The van der Waals surface area contributed by atoms with E-state index in [2.05, 4.69) is 31.9 Å². The van der Waals surface area contributed by atoms with Crippen LogP contribution in [0.4, 0.5) is 11.8 Å². The summed E-state index contributed by atoms with van der Waals surface area (Å²) in [5.41, 5.74) is 5.96. The number of aliphatic hydroxyl groups is 1. The minimum absolute atomic E-state index is 0.00206. The van der Waals surface area contributed by atoms with Crippen molar-refractivity contribution in [3.8, 4) is 0 Å². The Morgan fingerprint density at radius 2 is 2.11 bits per heavy atom. The molecule has 3 rings (SSSR count). The number of pyridine rings is 1. The lowest BCUT2D eigenvalue weighted by Gasteiger charge is -2.29. The summed E-state index contributed by atoms with van der Waals surface area (Å²) in [6.07, 6.45) is 5.66. The predicted molar refractivity (Wildman–Crippen MR) is 104 cm³/mol. The smallest absolute Gasteiger partial charge is 0.242 e. The minimum Gasteiger partial charge on any atom is -0.394 e. The summed E-state index contributed by atoms with van der Waals surface area (Å²) in [5, 5.41) is 13.0. The van der Waals surface area contributed by atoms with Gasteiger partial charge in [0, 0.05) is 12.2 Å². The lowest BCUT2D eigenvalue weighted by atomic mass is 9.96. The zero-order valence-electron chi connectivity index (χ0n) is 15.6. The molecular formula is C17H26N6O3S. The van der Waals surface area contributed by atoms with E-state index in [1.807, 2.05) is 6.92 Å². The fourth-order valence-corrected chi connectivity index (χ4v) is 4.04. The van der Waals surface area contributed by atoms with E-state index in [9.17, 15) is 13.5 Å². The minimum atomic E-state index is -3.64. The predicted octanol–water partition coefficient (Wildman–Crippen LogP) is 1.40. The number of hydrogen-bond donors (Lipinski definition) is 4. The van der Waals surface area contributed by atoms with Gasteiger partial charge >= 0.3 is 0 Å². The molecule has 2 heterocycles. The molecule has 148 valence electrons. The van der Waals surface area contributed by atoms with Crippen LogP contribution >= 0.6 is 0 Å². The van der Waals surface area contributed by atoms with Gasteiger partial charge in [0.1, 0.15) is 10.4 Å². The largest absolute Gasteiger partial charge is 0.394 e. The van der Waals surface area contributed by atoms with Crippen LogP contribution in [0.2, 0.25) is 0 Å². The standard InChI is InChI=1S/C17H26N6O3S/c1-3-4-7-17(2,10-24)22-15-14-13(20-16(18)21-15)8-12(9-19-14)27(25,26)23-11-5-6-11/h8-9,11,23-24H,3-7,10H2,1-2H3,(H3,18,20,21,22)/t17-/m1/s1. The van der Waals surface area contributed by atoms with Gasteiger partial charge in [-0.2, -0.15) is 4.98 Å². The average Bonchev–Trinajstić information content (AvgIpc) is 3.42. The third-order valence-electron chi connectivity index (χ3n) is 4.59. The van der Waals surface area contributed by atoms with Crippen LogP contribution in [-0.2, 0) is 10.0 Å². The first-order chi connectivity index (χ1) is 12.8. The van der Waals surface area contributed by atoms with Crippen molar-refractivity contribution in [2.75, 3.05) is 17.7 Å². The van der Waals surface area contributed by atoms with Gasteiger partial charge in [0.15, 0.2) is 5.82 Å². The van der Waals surface area contributed by atoms with Crippen LogP contribution in [0.3, 0.4) is 0 Å². The van der Waals surface area contributed by atoms with E-state index in [0.29, 0.717) is 16.9 Å². The van der Waals surface area contributed by atoms with Crippen molar-refractivity contribution in [2.24, 2.45) is 0 Å². The monoisotopic (exact) mass is 394 g/mol. The van der Waals surface area contributed by atoms with Crippen LogP contribution in [-0.4, -0.2) is 46.7 Å². The van der Waals surface area contributed by atoms with E-state index >= 15 is 0 Å². The number of aromatic nitrogens is 3. The van der Waals surface area contributed by atoms with Crippen LogP contribution in [0.15, 0.2) is 17.2 Å². The number of rotatable bonds is 9. The Balaban J connectivity index is 1.97. The molecule has 1 aliphatic carbocycles. The number of aliphatic hydroxyl groups excluding tert-OH is 1. The second-order valence-electron chi connectivity index (χ2n) is 7.31. The molecule has 0 unspecified atom stereocenters. The third kappa shape index (κ3) is 4.63. The summed E-state index contributed by atoms with van der Waals surface area (Å²) in [5.74, 6) is 0.386. The van der Waals surface area contributed by atoms with Crippen LogP contribution < -0.4 is 15.8 Å². The van der Waals surface area contributed by atoms with Gasteiger partial charge in [0.2, 0.25) is 16.0 Å².